The fourth-order valence-electron chi connectivity index (χ4n) is 3.97. The Balaban J connectivity index is 1.38. The SMILES string of the molecule is COc1cc(OC)cc(-c2nnc(S/C(=C\c3ccccc3OCc3cccc4ccccc34)C(=O)O)o2)c1. The van der Waals surface area contributed by atoms with Crippen molar-refractivity contribution in [3.05, 3.63) is 101 Å². The van der Waals surface area contributed by atoms with Gasteiger partial charge in [0.25, 0.3) is 5.22 Å². The summed E-state index contributed by atoms with van der Waals surface area (Å²) >= 11 is 0.855. The molecular formula is C30H24N2O6S. The minimum absolute atomic E-state index is 0.00497. The number of nitrogens with zero attached hydrogens (tertiary/aromatic N) is 2. The Labute approximate surface area is 228 Å². The molecule has 4 aromatic carbocycles. The van der Waals surface area contributed by atoms with Gasteiger partial charge < -0.3 is 23.7 Å². The molecule has 1 aromatic heterocycles. The Morgan fingerprint density at radius 2 is 1.64 bits per heavy atom. The first kappa shape index (κ1) is 25.9. The zero-order chi connectivity index (χ0) is 27.2. The van der Waals surface area contributed by atoms with Crippen LogP contribution in [-0.4, -0.2) is 35.5 Å². The summed E-state index contributed by atoms with van der Waals surface area (Å²) in [5.74, 6) is 0.746. The van der Waals surface area contributed by atoms with Crippen molar-refractivity contribution in [2.75, 3.05) is 14.2 Å². The summed E-state index contributed by atoms with van der Waals surface area (Å²) in [7, 11) is 3.09. The molecule has 0 aliphatic heterocycles. The van der Waals surface area contributed by atoms with Gasteiger partial charge >= 0.3 is 5.97 Å². The molecule has 0 saturated carbocycles. The molecule has 0 amide bonds. The number of aliphatic carboxylic acids is 1. The molecule has 1 heterocycles. The van der Waals surface area contributed by atoms with Crippen LogP contribution in [0.3, 0.4) is 0 Å². The Morgan fingerprint density at radius 1 is 0.923 bits per heavy atom. The third-order valence-corrected chi connectivity index (χ3v) is 6.73. The third kappa shape index (κ3) is 6.05. The van der Waals surface area contributed by atoms with Crippen LogP contribution in [0.4, 0.5) is 0 Å². The third-order valence-electron chi connectivity index (χ3n) is 5.88. The van der Waals surface area contributed by atoms with Crippen LogP contribution in [0.15, 0.2) is 99.5 Å². The normalized spacial score (nSPS) is 11.4. The van der Waals surface area contributed by atoms with E-state index in [1.807, 2.05) is 42.5 Å². The molecule has 0 saturated heterocycles. The van der Waals surface area contributed by atoms with E-state index in [2.05, 4.69) is 28.4 Å². The van der Waals surface area contributed by atoms with Gasteiger partial charge in [0.05, 0.1) is 14.2 Å². The number of thioether (sulfide) groups is 1. The van der Waals surface area contributed by atoms with Crippen molar-refractivity contribution in [1.29, 1.82) is 0 Å². The first-order chi connectivity index (χ1) is 19.0. The summed E-state index contributed by atoms with van der Waals surface area (Å²) in [6.07, 6.45) is 1.53. The molecule has 5 rings (SSSR count). The number of methoxy groups -OCH3 is 2. The van der Waals surface area contributed by atoms with E-state index >= 15 is 0 Å². The number of benzene rings is 4. The highest BCUT2D eigenvalue weighted by Crippen LogP contribution is 2.34. The predicted octanol–water partition coefficient (Wildman–Crippen LogP) is 6.70. The molecule has 0 atom stereocenters. The van der Waals surface area contributed by atoms with E-state index < -0.39 is 5.97 Å². The molecule has 1 N–H and O–H groups in total. The minimum atomic E-state index is -1.13. The number of carbonyl (C=O) groups is 1. The summed E-state index contributed by atoms with van der Waals surface area (Å²) in [4.78, 5) is 12.1. The largest absolute Gasteiger partial charge is 0.497 e. The molecule has 0 aliphatic rings. The summed E-state index contributed by atoms with van der Waals surface area (Å²) < 4.78 is 22.5. The standard InChI is InChI=1S/C30H24N2O6S/c1-35-23-14-22(15-24(17-23)36-2)28-31-32-30(38-28)39-27(29(33)34)16-20-9-4-6-13-26(20)37-18-21-11-7-10-19-8-3-5-12-25(19)21/h3-17H,18H2,1-2H3,(H,33,34)/b27-16-. The summed E-state index contributed by atoms with van der Waals surface area (Å²) in [5, 5.41) is 20.3. The van der Waals surface area contributed by atoms with Gasteiger partial charge in [0.1, 0.15) is 28.8 Å². The second-order valence-electron chi connectivity index (χ2n) is 8.36. The van der Waals surface area contributed by atoms with E-state index in [1.54, 1.807) is 38.5 Å². The van der Waals surface area contributed by atoms with Crippen LogP contribution in [0.5, 0.6) is 17.2 Å². The van der Waals surface area contributed by atoms with Crippen LogP contribution in [0.25, 0.3) is 28.3 Å². The number of ether oxygens (including phenoxy) is 3. The fraction of sp³-hybridized carbons (Fsp3) is 0.100. The number of hydrogen-bond donors (Lipinski definition) is 1. The van der Waals surface area contributed by atoms with Crippen molar-refractivity contribution < 1.29 is 28.5 Å². The maximum Gasteiger partial charge on any atom is 0.342 e. The van der Waals surface area contributed by atoms with Gasteiger partial charge in [-0.15, -0.1) is 10.2 Å². The van der Waals surface area contributed by atoms with E-state index in [1.165, 1.54) is 6.08 Å². The first-order valence-corrected chi connectivity index (χ1v) is 12.7. The molecule has 8 nitrogen and oxygen atoms in total. The summed E-state index contributed by atoms with van der Waals surface area (Å²) in [6, 6.07) is 26.6. The number of carboxylic acids is 1. The van der Waals surface area contributed by atoms with Gasteiger partial charge in [-0.05, 0) is 52.4 Å². The molecular weight excluding hydrogens is 516 g/mol. The fourth-order valence-corrected chi connectivity index (χ4v) is 4.64. The Kier molecular flexibility index (Phi) is 7.79. The average Bonchev–Trinajstić information content (AvgIpc) is 3.44. The lowest BCUT2D eigenvalue weighted by Gasteiger charge is -2.12. The lowest BCUT2D eigenvalue weighted by atomic mass is 10.1. The first-order valence-electron chi connectivity index (χ1n) is 11.9. The zero-order valence-electron chi connectivity index (χ0n) is 21.2. The van der Waals surface area contributed by atoms with E-state index in [0.29, 0.717) is 35.0 Å². The number of para-hydroxylation sites is 1. The molecule has 0 spiro atoms. The lowest BCUT2D eigenvalue weighted by Crippen LogP contribution is -2.00. The minimum Gasteiger partial charge on any atom is -0.497 e. The van der Waals surface area contributed by atoms with Crippen LogP contribution in [0.2, 0.25) is 0 Å². The monoisotopic (exact) mass is 540 g/mol. The number of hydrogen-bond acceptors (Lipinski definition) is 8. The molecule has 196 valence electrons. The second kappa shape index (κ2) is 11.7. The van der Waals surface area contributed by atoms with Crippen molar-refractivity contribution in [2.45, 2.75) is 11.8 Å². The van der Waals surface area contributed by atoms with E-state index in [4.69, 9.17) is 18.6 Å². The quantitative estimate of drug-likeness (QED) is 0.153. The second-order valence-corrected chi connectivity index (χ2v) is 9.35. The molecule has 5 aromatic rings. The lowest BCUT2D eigenvalue weighted by molar-refractivity contribution is -0.131. The average molecular weight is 541 g/mol. The van der Waals surface area contributed by atoms with Crippen LogP contribution >= 0.6 is 11.8 Å². The van der Waals surface area contributed by atoms with Crippen LogP contribution in [0.1, 0.15) is 11.1 Å². The van der Waals surface area contributed by atoms with Crippen molar-refractivity contribution in [3.63, 3.8) is 0 Å². The van der Waals surface area contributed by atoms with E-state index in [-0.39, 0.29) is 16.0 Å². The highest BCUT2D eigenvalue weighted by atomic mass is 32.2. The number of aromatic nitrogens is 2. The topological polar surface area (TPSA) is 104 Å². The molecule has 0 radical (unpaired) electrons. The number of rotatable bonds is 10. The van der Waals surface area contributed by atoms with Gasteiger partial charge in [0.15, 0.2) is 0 Å². The smallest absolute Gasteiger partial charge is 0.342 e. The number of fused-ring (bicyclic) bond motifs is 1. The molecule has 0 aliphatic carbocycles. The summed E-state index contributed by atoms with van der Waals surface area (Å²) in [5.41, 5.74) is 2.23. The van der Waals surface area contributed by atoms with Crippen molar-refractivity contribution in [1.82, 2.24) is 10.2 Å². The van der Waals surface area contributed by atoms with Crippen LogP contribution < -0.4 is 14.2 Å². The highest BCUT2D eigenvalue weighted by molar-refractivity contribution is 8.03. The Morgan fingerprint density at radius 3 is 2.41 bits per heavy atom. The Bertz CT molecular complexity index is 1640. The van der Waals surface area contributed by atoms with Crippen LogP contribution in [-0.2, 0) is 11.4 Å². The van der Waals surface area contributed by atoms with Gasteiger partial charge in [-0.1, -0.05) is 60.7 Å². The molecule has 9 heteroatoms. The summed E-state index contributed by atoms with van der Waals surface area (Å²) in [6.45, 7) is 0.332. The maximum atomic E-state index is 12.1. The highest BCUT2D eigenvalue weighted by Gasteiger charge is 2.18. The van der Waals surface area contributed by atoms with Crippen LogP contribution in [0, 0.1) is 0 Å². The zero-order valence-corrected chi connectivity index (χ0v) is 22.0. The van der Waals surface area contributed by atoms with Crippen molar-refractivity contribution >= 4 is 34.6 Å². The molecule has 0 unspecified atom stereocenters. The van der Waals surface area contributed by atoms with Gasteiger partial charge in [-0.3, -0.25) is 0 Å². The molecule has 0 fully saturated rings. The molecule has 0 bridgehead atoms. The molecule has 39 heavy (non-hydrogen) atoms. The van der Waals surface area contributed by atoms with E-state index in [9.17, 15) is 9.90 Å². The predicted molar refractivity (Wildman–Crippen MR) is 149 cm³/mol. The number of carboxylic acid groups (broad SMARTS) is 1. The van der Waals surface area contributed by atoms with Gasteiger partial charge in [0, 0.05) is 17.2 Å². The van der Waals surface area contributed by atoms with Crippen molar-refractivity contribution in [3.8, 4) is 28.7 Å². The van der Waals surface area contributed by atoms with E-state index in [0.717, 1.165) is 28.1 Å². The Hall–Kier alpha value is -4.76. The van der Waals surface area contributed by atoms with Gasteiger partial charge in [-0.2, -0.15) is 0 Å². The van der Waals surface area contributed by atoms with Gasteiger partial charge in [0.2, 0.25) is 5.89 Å². The van der Waals surface area contributed by atoms with Crippen molar-refractivity contribution in [2.24, 2.45) is 0 Å². The van der Waals surface area contributed by atoms with Gasteiger partial charge in [-0.25, -0.2) is 4.79 Å². The maximum absolute atomic E-state index is 12.1.